The topological polar surface area (TPSA) is 46.6 Å². The van der Waals surface area contributed by atoms with Gasteiger partial charge in [-0.05, 0) is 6.42 Å². The molecule has 1 fully saturated rings. The molecule has 0 radical (unpaired) electrons. The molecule has 1 amide bonds. The van der Waals surface area contributed by atoms with Gasteiger partial charge in [0.2, 0.25) is 0 Å². The van der Waals surface area contributed by atoms with Crippen molar-refractivity contribution in [1.82, 2.24) is 5.06 Å². The molecule has 0 aromatic rings. The third-order valence-corrected chi connectivity index (χ3v) is 1.29. The molecule has 1 saturated heterocycles. The second-order valence-electron chi connectivity index (χ2n) is 1.96. The van der Waals surface area contributed by atoms with Crippen molar-refractivity contribution in [3.63, 3.8) is 0 Å². The van der Waals surface area contributed by atoms with E-state index >= 15 is 0 Å². The van der Waals surface area contributed by atoms with E-state index in [-0.39, 0.29) is 12.4 Å². The number of hydrogen-bond acceptors (Lipinski definition) is 3. The molecule has 4 nitrogen and oxygen atoms in total. The Balaban J connectivity index is 2.62. The van der Waals surface area contributed by atoms with Crippen LogP contribution in [0.25, 0.3) is 0 Å². The SMILES string of the molecule is C=C1CCC(=O)N1O[13CH]=O. The van der Waals surface area contributed by atoms with Crippen LogP contribution >= 0.6 is 0 Å². The fourth-order valence-electron chi connectivity index (χ4n) is 0.807. The first-order chi connectivity index (χ1) is 4.75. The summed E-state index contributed by atoms with van der Waals surface area (Å²) in [5, 5.41) is 0.924. The number of allylic oxidation sites excluding steroid dienone is 1. The molecular formula is C6H7NO3. The van der Waals surface area contributed by atoms with E-state index in [9.17, 15) is 9.59 Å². The maximum Gasteiger partial charge on any atom is 0.321 e. The van der Waals surface area contributed by atoms with Gasteiger partial charge in [0.1, 0.15) is 0 Å². The van der Waals surface area contributed by atoms with Crippen LogP contribution in [0.15, 0.2) is 12.3 Å². The van der Waals surface area contributed by atoms with E-state index < -0.39 is 0 Å². The van der Waals surface area contributed by atoms with Crippen molar-refractivity contribution >= 4 is 12.4 Å². The summed E-state index contributed by atoms with van der Waals surface area (Å²) in [6, 6.07) is 0. The van der Waals surface area contributed by atoms with Crippen molar-refractivity contribution in [2.75, 3.05) is 0 Å². The van der Waals surface area contributed by atoms with Gasteiger partial charge in [0.25, 0.3) is 5.91 Å². The number of nitrogens with zero attached hydrogens (tertiary/aromatic N) is 1. The zero-order valence-corrected chi connectivity index (χ0v) is 5.37. The van der Waals surface area contributed by atoms with Crippen LogP contribution in [-0.2, 0) is 14.4 Å². The summed E-state index contributed by atoms with van der Waals surface area (Å²) in [6.45, 7) is 3.74. The van der Waals surface area contributed by atoms with Crippen molar-refractivity contribution in [3.05, 3.63) is 12.3 Å². The smallest absolute Gasteiger partial charge is 0.321 e. The summed E-state index contributed by atoms with van der Waals surface area (Å²) in [4.78, 5) is 24.9. The molecule has 0 bridgehead atoms. The minimum Gasteiger partial charge on any atom is -0.337 e. The van der Waals surface area contributed by atoms with Gasteiger partial charge >= 0.3 is 6.47 Å². The van der Waals surface area contributed by atoms with Crippen LogP contribution < -0.4 is 0 Å². The minimum absolute atomic E-state index is 0.211. The second kappa shape index (κ2) is 2.51. The van der Waals surface area contributed by atoms with E-state index in [0.717, 1.165) is 5.06 Å². The summed E-state index contributed by atoms with van der Waals surface area (Å²) in [5.41, 5.74) is 0.539. The maximum absolute atomic E-state index is 10.8. The fourth-order valence-corrected chi connectivity index (χ4v) is 0.807. The molecule has 0 aromatic carbocycles. The van der Waals surface area contributed by atoms with Crippen LogP contribution in [0.2, 0.25) is 0 Å². The fraction of sp³-hybridized carbons (Fsp3) is 0.333. The molecule has 10 heavy (non-hydrogen) atoms. The number of amides is 1. The molecule has 0 saturated carbocycles. The van der Waals surface area contributed by atoms with Gasteiger partial charge in [-0.3, -0.25) is 9.59 Å². The lowest BCUT2D eigenvalue weighted by Gasteiger charge is -2.10. The minimum atomic E-state index is -0.211. The van der Waals surface area contributed by atoms with Gasteiger partial charge in [0, 0.05) is 6.42 Å². The van der Waals surface area contributed by atoms with Crippen LogP contribution in [-0.4, -0.2) is 17.4 Å². The summed E-state index contributed by atoms with van der Waals surface area (Å²) >= 11 is 0. The first-order valence-electron chi connectivity index (χ1n) is 2.87. The predicted molar refractivity (Wildman–Crippen MR) is 32.4 cm³/mol. The lowest BCUT2D eigenvalue weighted by atomic mass is 10.3. The Hall–Kier alpha value is -1.32. The predicted octanol–water partition coefficient (Wildman–Crippen LogP) is 0.211. The lowest BCUT2D eigenvalue weighted by molar-refractivity contribution is -0.174. The Morgan fingerprint density at radius 2 is 2.30 bits per heavy atom. The van der Waals surface area contributed by atoms with Gasteiger partial charge in [0.15, 0.2) is 0 Å². The summed E-state index contributed by atoms with van der Waals surface area (Å²) < 4.78 is 0. The quantitative estimate of drug-likeness (QED) is 0.409. The molecule has 1 rings (SSSR count). The zero-order chi connectivity index (χ0) is 7.56. The molecule has 0 aromatic heterocycles. The number of carbonyl (C=O) groups excluding carboxylic acids is 2. The molecule has 1 aliphatic rings. The van der Waals surface area contributed by atoms with Crippen molar-refractivity contribution in [2.24, 2.45) is 0 Å². The van der Waals surface area contributed by atoms with Crippen LogP contribution in [0.4, 0.5) is 0 Å². The van der Waals surface area contributed by atoms with Gasteiger partial charge in [-0.25, -0.2) is 0 Å². The Bertz CT molecular complexity index is 171. The molecule has 1 aliphatic heterocycles. The van der Waals surface area contributed by atoms with E-state index in [2.05, 4.69) is 11.4 Å². The number of hydroxylamine groups is 2. The monoisotopic (exact) mass is 142 g/mol. The Labute approximate surface area is 58.0 Å². The van der Waals surface area contributed by atoms with Gasteiger partial charge in [-0.15, -0.1) is 5.06 Å². The molecule has 0 aliphatic carbocycles. The largest absolute Gasteiger partial charge is 0.337 e. The second-order valence-corrected chi connectivity index (χ2v) is 1.96. The highest BCUT2D eigenvalue weighted by Crippen LogP contribution is 2.19. The molecule has 0 spiro atoms. The highest BCUT2D eigenvalue weighted by molar-refractivity contribution is 5.80. The van der Waals surface area contributed by atoms with Crippen LogP contribution in [0, 0.1) is 0 Å². The van der Waals surface area contributed by atoms with E-state index in [1.165, 1.54) is 0 Å². The Morgan fingerprint density at radius 1 is 1.60 bits per heavy atom. The van der Waals surface area contributed by atoms with Crippen molar-refractivity contribution in [3.8, 4) is 0 Å². The van der Waals surface area contributed by atoms with Crippen molar-refractivity contribution in [2.45, 2.75) is 12.8 Å². The van der Waals surface area contributed by atoms with E-state index in [4.69, 9.17) is 0 Å². The van der Waals surface area contributed by atoms with Crippen molar-refractivity contribution < 1.29 is 14.4 Å². The van der Waals surface area contributed by atoms with Gasteiger partial charge in [0.05, 0.1) is 5.70 Å². The number of hydrogen-bond donors (Lipinski definition) is 0. The molecule has 54 valence electrons. The highest BCUT2D eigenvalue weighted by atomic mass is 16.8. The average Bonchev–Trinajstić information content (AvgIpc) is 2.20. The van der Waals surface area contributed by atoms with E-state index in [0.29, 0.717) is 18.5 Å². The van der Waals surface area contributed by atoms with Gasteiger partial charge < -0.3 is 4.84 Å². The molecule has 1 heterocycles. The third-order valence-electron chi connectivity index (χ3n) is 1.29. The first kappa shape index (κ1) is 6.80. The number of rotatable bonds is 2. The molecule has 4 heteroatoms. The number of carbonyl (C=O) groups is 2. The average molecular weight is 142 g/mol. The molecule has 0 N–H and O–H groups in total. The summed E-state index contributed by atoms with van der Waals surface area (Å²) in [7, 11) is 0. The standard InChI is InChI=1S/C6H7NO3/c1-5-2-3-6(9)7(5)10-4-8/h4H,1-3H2/i4+1. The molecule has 0 atom stereocenters. The van der Waals surface area contributed by atoms with Gasteiger partial charge in [-0.2, -0.15) is 0 Å². The normalized spacial score (nSPS) is 17.8. The Morgan fingerprint density at radius 3 is 2.70 bits per heavy atom. The first-order valence-corrected chi connectivity index (χ1v) is 2.87. The van der Waals surface area contributed by atoms with E-state index in [1.807, 2.05) is 0 Å². The summed E-state index contributed by atoms with van der Waals surface area (Å²) in [5.74, 6) is -0.211. The van der Waals surface area contributed by atoms with Crippen LogP contribution in [0.5, 0.6) is 0 Å². The Kier molecular flexibility index (Phi) is 1.71. The lowest BCUT2D eigenvalue weighted by Crippen LogP contribution is -2.22. The van der Waals surface area contributed by atoms with Gasteiger partial charge in [-0.1, -0.05) is 6.58 Å². The third kappa shape index (κ3) is 1.00. The maximum atomic E-state index is 10.8. The molecule has 0 unspecified atom stereocenters. The molecular weight excluding hydrogens is 135 g/mol. The van der Waals surface area contributed by atoms with Crippen LogP contribution in [0.3, 0.4) is 0 Å². The summed E-state index contributed by atoms with van der Waals surface area (Å²) in [6.07, 6.45) is 0.958. The van der Waals surface area contributed by atoms with Crippen LogP contribution in [0.1, 0.15) is 12.8 Å². The van der Waals surface area contributed by atoms with E-state index in [1.54, 1.807) is 0 Å². The van der Waals surface area contributed by atoms with Crippen molar-refractivity contribution in [1.29, 1.82) is 0 Å². The zero-order valence-electron chi connectivity index (χ0n) is 5.37. The highest BCUT2D eigenvalue weighted by Gasteiger charge is 2.25.